The molecule has 3 nitrogen and oxygen atoms in total. The van der Waals surface area contributed by atoms with Gasteiger partial charge in [-0.2, -0.15) is 0 Å². The Morgan fingerprint density at radius 2 is 2.28 bits per heavy atom. The van der Waals surface area contributed by atoms with Gasteiger partial charge < -0.3 is 4.90 Å². The molecule has 4 heteroatoms. The van der Waals surface area contributed by atoms with Crippen molar-refractivity contribution in [1.82, 2.24) is 9.88 Å². The number of rotatable bonds is 3. The minimum absolute atomic E-state index is 0.274. The van der Waals surface area contributed by atoms with Crippen molar-refractivity contribution in [2.75, 3.05) is 6.54 Å². The van der Waals surface area contributed by atoms with E-state index in [4.69, 9.17) is 0 Å². The first-order valence-electron chi connectivity index (χ1n) is 6.57. The molecule has 0 aliphatic carbocycles. The molecule has 1 aromatic rings. The van der Waals surface area contributed by atoms with E-state index in [9.17, 15) is 4.79 Å². The van der Waals surface area contributed by atoms with Gasteiger partial charge in [-0.1, -0.05) is 13.3 Å². The van der Waals surface area contributed by atoms with Crippen molar-refractivity contribution in [3.05, 3.63) is 28.5 Å². The lowest BCUT2D eigenvalue weighted by Gasteiger charge is -2.20. The summed E-state index contributed by atoms with van der Waals surface area (Å²) in [4.78, 5) is 18.3. The lowest BCUT2D eigenvalue weighted by Crippen LogP contribution is -2.30. The van der Waals surface area contributed by atoms with Crippen LogP contribution in [0.1, 0.15) is 38.3 Å². The Balaban J connectivity index is 1.99. The molecule has 0 bridgehead atoms. The number of hydrogen-bond acceptors (Lipinski definition) is 2. The fourth-order valence-corrected chi connectivity index (χ4v) is 2.60. The first-order chi connectivity index (χ1) is 8.69. The van der Waals surface area contributed by atoms with Gasteiger partial charge in [-0.25, -0.2) is 0 Å². The standard InChI is InChI=1S/C14H19BrN2O/c1-2-11-3-6-14(18)17(8-7-11)10-13-5-4-12(15)9-16-13/h4-5,9,11H,2-3,6-8,10H2,1H3. The molecule has 2 heterocycles. The largest absolute Gasteiger partial charge is 0.337 e. The fraction of sp³-hybridized carbons (Fsp3) is 0.571. The summed E-state index contributed by atoms with van der Waals surface area (Å²) >= 11 is 3.37. The van der Waals surface area contributed by atoms with Gasteiger partial charge in [0.25, 0.3) is 0 Å². The Labute approximate surface area is 117 Å². The monoisotopic (exact) mass is 310 g/mol. The van der Waals surface area contributed by atoms with Crippen LogP contribution in [0.2, 0.25) is 0 Å². The first kappa shape index (κ1) is 13.5. The highest BCUT2D eigenvalue weighted by molar-refractivity contribution is 9.10. The fourth-order valence-electron chi connectivity index (χ4n) is 2.36. The average molecular weight is 311 g/mol. The lowest BCUT2D eigenvalue weighted by atomic mass is 9.98. The van der Waals surface area contributed by atoms with Gasteiger partial charge in [-0.15, -0.1) is 0 Å². The Morgan fingerprint density at radius 3 is 2.94 bits per heavy atom. The van der Waals surface area contributed by atoms with Crippen LogP contribution in [-0.4, -0.2) is 22.3 Å². The van der Waals surface area contributed by atoms with E-state index in [-0.39, 0.29) is 5.91 Å². The molecule has 1 aliphatic rings. The van der Waals surface area contributed by atoms with Gasteiger partial charge in [0.05, 0.1) is 12.2 Å². The van der Waals surface area contributed by atoms with E-state index in [0.717, 1.165) is 29.6 Å². The van der Waals surface area contributed by atoms with Gasteiger partial charge in [0.2, 0.25) is 5.91 Å². The molecule has 0 saturated carbocycles. The summed E-state index contributed by atoms with van der Waals surface area (Å²) in [7, 11) is 0. The second-order valence-corrected chi connectivity index (χ2v) is 5.80. The maximum absolute atomic E-state index is 12.0. The number of pyridine rings is 1. The highest BCUT2D eigenvalue weighted by Crippen LogP contribution is 2.22. The minimum atomic E-state index is 0.274. The van der Waals surface area contributed by atoms with E-state index in [0.29, 0.717) is 18.9 Å². The predicted octanol–water partition coefficient (Wildman–Crippen LogP) is 3.38. The van der Waals surface area contributed by atoms with Crippen molar-refractivity contribution in [2.24, 2.45) is 5.92 Å². The van der Waals surface area contributed by atoms with Crippen molar-refractivity contribution >= 4 is 21.8 Å². The molecule has 1 saturated heterocycles. The van der Waals surface area contributed by atoms with Crippen molar-refractivity contribution in [3.63, 3.8) is 0 Å². The zero-order valence-electron chi connectivity index (χ0n) is 10.7. The topological polar surface area (TPSA) is 33.2 Å². The quantitative estimate of drug-likeness (QED) is 0.857. The molecule has 2 rings (SSSR count). The third-order valence-electron chi connectivity index (χ3n) is 3.65. The summed E-state index contributed by atoms with van der Waals surface area (Å²) < 4.78 is 0.972. The summed E-state index contributed by atoms with van der Waals surface area (Å²) in [5.74, 6) is 0.979. The molecule has 98 valence electrons. The molecular weight excluding hydrogens is 292 g/mol. The molecule has 1 aromatic heterocycles. The van der Waals surface area contributed by atoms with Gasteiger partial charge in [0.15, 0.2) is 0 Å². The number of nitrogens with zero attached hydrogens (tertiary/aromatic N) is 2. The SMILES string of the molecule is CCC1CCC(=O)N(Cc2ccc(Br)cn2)CC1. The molecule has 1 amide bonds. The zero-order chi connectivity index (χ0) is 13.0. The first-order valence-corrected chi connectivity index (χ1v) is 7.36. The van der Waals surface area contributed by atoms with Crippen molar-refractivity contribution in [1.29, 1.82) is 0 Å². The Bertz CT molecular complexity index is 405. The number of carbonyl (C=O) groups is 1. The number of aromatic nitrogens is 1. The van der Waals surface area contributed by atoms with Crippen molar-refractivity contribution in [2.45, 2.75) is 39.2 Å². The number of likely N-dealkylation sites (tertiary alicyclic amines) is 1. The molecule has 1 atom stereocenters. The number of carbonyl (C=O) groups excluding carboxylic acids is 1. The maximum Gasteiger partial charge on any atom is 0.222 e. The van der Waals surface area contributed by atoms with E-state index in [1.165, 1.54) is 6.42 Å². The smallest absolute Gasteiger partial charge is 0.222 e. The summed E-state index contributed by atoms with van der Waals surface area (Å²) in [5, 5.41) is 0. The molecule has 0 spiro atoms. The normalized spacial score (nSPS) is 20.9. The predicted molar refractivity (Wildman–Crippen MR) is 75.0 cm³/mol. The van der Waals surface area contributed by atoms with Crippen LogP contribution in [0, 0.1) is 5.92 Å². The average Bonchev–Trinajstić information content (AvgIpc) is 2.55. The van der Waals surface area contributed by atoms with Gasteiger partial charge in [-0.3, -0.25) is 9.78 Å². The van der Waals surface area contributed by atoms with E-state index in [1.54, 1.807) is 6.20 Å². The van der Waals surface area contributed by atoms with Crippen LogP contribution in [0.4, 0.5) is 0 Å². The number of amides is 1. The number of hydrogen-bond donors (Lipinski definition) is 0. The van der Waals surface area contributed by atoms with Crippen LogP contribution in [0.15, 0.2) is 22.8 Å². The highest BCUT2D eigenvalue weighted by Gasteiger charge is 2.21. The molecular formula is C14H19BrN2O. The highest BCUT2D eigenvalue weighted by atomic mass is 79.9. The van der Waals surface area contributed by atoms with Crippen LogP contribution >= 0.6 is 15.9 Å². The van der Waals surface area contributed by atoms with E-state index < -0.39 is 0 Å². The molecule has 1 unspecified atom stereocenters. The number of halogens is 1. The molecule has 0 aromatic carbocycles. The minimum Gasteiger partial charge on any atom is -0.337 e. The molecule has 1 aliphatic heterocycles. The lowest BCUT2D eigenvalue weighted by molar-refractivity contribution is -0.131. The van der Waals surface area contributed by atoms with E-state index in [2.05, 4.69) is 27.8 Å². The van der Waals surface area contributed by atoms with E-state index in [1.807, 2.05) is 17.0 Å². The van der Waals surface area contributed by atoms with Crippen LogP contribution < -0.4 is 0 Å². The summed E-state index contributed by atoms with van der Waals surface area (Å²) in [6, 6.07) is 3.94. The molecule has 0 N–H and O–H groups in total. The third kappa shape index (κ3) is 3.55. The van der Waals surface area contributed by atoms with Crippen molar-refractivity contribution in [3.8, 4) is 0 Å². The second-order valence-electron chi connectivity index (χ2n) is 4.88. The van der Waals surface area contributed by atoms with Crippen LogP contribution in [0.25, 0.3) is 0 Å². The third-order valence-corrected chi connectivity index (χ3v) is 4.11. The Morgan fingerprint density at radius 1 is 1.44 bits per heavy atom. The van der Waals surface area contributed by atoms with Gasteiger partial charge in [-0.05, 0) is 46.8 Å². The Kier molecular flexibility index (Phi) is 4.75. The Hall–Kier alpha value is -0.900. The van der Waals surface area contributed by atoms with E-state index >= 15 is 0 Å². The summed E-state index contributed by atoms with van der Waals surface area (Å²) in [5.41, 5.74) is 0.960. The maximum atomic E-state index is 12.0. The van der Waals surface area contributed by atoms with Crippen LogP contribution in [-0.2, 0) is 11.3 Å². The summed E-state index contributed by atoms with van der Waals surface area (Å²) in [6.07, 6.45) is 5.82. The van der Waals surface area contributed by atoms with Crippen LogP contribution in [0.3, 0.4) is 0 Å². The molecule has 18 heavy (non-hydrogen) atoms. The van der Waals surface area contributed by atoms with Gasteiger partial charge in [0.1, 0.15) is 0 Å². The molecule has 1 fully saturated rings. The second kappa shape index (κ2) is 6.32. The van der Waals surface area contributed by atoms with Gasteiger partial charge >= 0.3 is 0 Å². The zero-order valence-corrected chi connectivity index (χ0v) is 12.3. The van der Waals surface area contributed by atoms with Crippen LogP contribution in [0.5, 0.6) is 0 Å². The van der Waals surface area contributed by atoms with Crippen molar-refractivity contribution < 1.29 is 4.79 Å². The van der Waals surface area contributed by atoms with Gasteiger partial charge in [0, 0.05) is 23.6 Å². The summed E-state index contributed by atoms with van der Waals surface area (Å²) in [6.45, 7) is 3.72. The molecule has 0 radical (unpaired) electrons.